The highest BCUT2D eigenvalue weighted by Crippen LogP contribution is 2.33. The number of hydrogen-bond donors (Lipinski definition) is 2. The van der Waals surface area contributed by atoms with E-state index in [0.717, 1.165) is 5.56 Å². The predicted molar refractivity (Wildman–Crippen MR) is 119 cm³/mol. The second-order valence-corrected chi connectivity index (χ2v) is 6.92. The Morgan fingerprint density at radius 3 is 2.81 bits per heavy atom. The maximum absolute atomic E-state index is 12.9. The second-order valence-electron chi connectivity index (χ2n) is 6.92. The summed E-state index contributed by atoms with van der Waals surface area (Å²) in [5, 5.41) is 2.88. The van der Waals surface area contributed by atoms with E-state index in [9.17, 15) is 4.79 Å². The Morgan fingerprint density at radius 2 is 2.03 bits per heavy atom. The molecule has 0 atom stereocenters. The van der Waals surface area contributed by atoms with Crippen LogP contribution in [0.2, 0.25) is 0 Å². The molecular weight excluding hydrogens is 394 g/mol. The monoisotopic (exact) mass is 417 g/mol. The number of nitrogens with zero attached hydrogens (tertiary/aromatic N) is 3. The van der Waals surface area contributed by atoms with E-state index >= 15 is 0 Å². The SMILES string of the molecule is COc1ccccc1-c1nc2cc(N)cc(C(=O)NCCOc3cccnc3)c2n1C. The number of nitrogens with one attached hydrogen (secondary N) is 1. The lowest BCUT2D eigenvalue weighted by atomic mass is 10.1. The first-order valence-corrected chi connectivity index (χ1v) is 9.79. The number of rotatable bonds is 7. The lowest BCUT2D eigenvalue weighted by Crippen LogP contribution is -2.28. The zero-order chi connectivity index (χ0) is 21.8. The largest absolute Gasteiger partial charge is 0.496 e. The number of carbonyl (C=O) groups is 1. The van der Waals surface area contributed by atoms with Crippen molar-refractivity contribution in [3.63, 3.8) is 0 Å². The molecule has 0 saturated heterocycles. The molecule has 0 aliphatic carbocycles. The van der Waals surface area contributed by atoms with Gasteiger partial charge in [0.15, 0.2) is 0 Å². The van der Waals surface area contributed by atoms with E-state index in [-0.39, 0.29) is 5.91 Å². The van der Waals surface area contributed by atoms with Crippen molar-refractivity contribution in [3.05, 3.63) is 66.5 Å². The minimum Gasteiger partial charge on any atom is -0.496 e. The maximum atomic E-state index is 12.9. The minimum atomic E-state index is -0.248. The summed E-state index contributed by atoms with van der Waals surface area (Å²) in [7, 11) is 3.49. The molecule has 0 radical (unpaired) electrons. The van der Waals surface area contributed by atoms with Gasteiger partial charge in [-0.3, -0.25) is 9.78 Å². The molecule has 8 nitrogen and oxygen atoms in total. The number of nitrogens with two attached hydrogens (primary N) is 1. The average Bonchev–Trinajstić information content (AvgIpc) is 3.12. The minimum absolute atomic E-state index is 0.248. The van der Waals surface area contributed by atoms with E-state index in [4.69, 9.17) is 20.2 Å². The molecule has 31 heavy (non-hydrogen) atoms. The molecular formula is C23H23N5O3. The van der Waals surface area contributed by atoms with Gasteiger partial charge in [-0.25, -0.2) is 4.98 Å². The van der Waals surface area contributed by atoms with Gasteiger partial charge in [0.05, 0.1) is 42.0 Å². The third-order valence-corrected chi connectivity index (χ3v) is 4.87. The molecule has 2 aromatic carbocycles. The van der Waals surface area contributed by atoms with Crippen molar-refractivity contribution in [1.82, 2.24) is 19.9 Å². The highest BCUT2D eigenvalue weighted by molar-refractivity contribution is 6.07. The summed E-state index contributed by atoms with van der Waals surface area (Å²) >= 11 is 0. The van der Waals surface area contributed by atoms with Crippen molar-refractivity contribution in [1.29, 1.82) is 0 Å². The smallest absolute Gasteiger partial charge is 0.253 e. The first-order chi connectivity index (χ1) is 15.1. The van der Waals surface area contributed by atoms with Crippen LogP contribution in [0, 0.1) is 0 Å². The zero-order valence-corrected chi connectivity index (χ0v) is 17.3. The number of methoxy groups -OCH3 is 1. The normalized spacial score (nSPS) is 10.8. The van der Waals surface area contributed by atoms with Crippen LogP contribution >= 0.6 is 0 Å². The number of anilines is 1. The van der Waals surface area contributed by atoms with Crippen LogP contribution in [0.1, 0.15) is 10.4 Å². The average molecular weight is 417 g/mol. The number of aromatic nitrogens is 3. The number of amides is 1. The number of para-hydroxylation sites is 1. The van der Waals surface area contributed by atoms with E-state index in [1.165, 1.54) is 0 Å². The fraction of sp³-hybridized carbons (Fsp3) is 0.174. The molecule has 4 aromatic rings. The summed E-state index contributed by atoms with van der Waals surface area (Å²) in [6.07, 6.45) is 3.30. The summed E-state index contributed by atoms with van der Waals surface area (Å²) in [5.74, 6) is 1.79. The van der Waals surface area contributed by atoms with Gasteiger partial charge in [0.25, 0.3) is 5.91 Å². The Balaban J connectivity index is 1.60. The Hall–Kier alpha value is -4.07. The molecule has 0 unspecified atom stereocenters. The second kappa shape index (κ2) is 8.74. The van der Waals surface area contributed by atoms with Crippen molar-refractivity contribution in [2.45, 2.75) is 0 Å². The highest BCUT2D eigenvalue weighted by Gasteiger charge is 2.20. The molecule has 0 saturated carbocycles. The van der Waals surface area contributed by atoms with Gasteiger partial charge in [-0.15, -0.1) is 0 Å². The van der Waals surface area contributed by atoms with E-state index < -0.39 is 0 Å². The molecule has 3 N–H and O–H groups in total. The number of hydrogen-bond acceptors (Lipinski definition) is 6. The number of imidazole rings is 1. The van der Waals surface area contributed by atoms with Gasteiger partial charge >= 0.3 is 0 Å². The van der Waals surface area contributed by atoms with Crippen molar-refractivity contribution in [2.75, 3.05) is 26.0 Å². The fourth-order valence-corrected chi connectivity index (χ4v) is 3.48. The molecule has 0 aliphatic heterocycles. The number of fused-ring (bicyclic) bond motifs is 1. The molecule has 158 valence electrons. The topological polar surface area (TPSA) is 104 Å². The van der Waals surface area contributed by atoms with Crippen LogP contribution < -0.4 is 20.5 Å². The van der Waals surface area contributed by atoms with Crippen LogP contribution in [0.3, 0.4) is 0 Å². The number of aryl methyl sites for hydroxylation is 1. The van der Waals surface area contributed by atoms with Crippen molar-refractivity contribution in [2.24, 2.45) is 7.05 Å². The van der Waals surface area contributed by atoms with Crippen molar-refractivity contribution >= 4 is 22.6 Å². The summed E-state index contributed by atoms with van der Waals surface area (Å²) in [6.45, 7) is 0.655. The molecule has 0 aliphatic rings. The maximum Gasteiger partial charge on any atom is 0.253 e. The van der Waals surface area contributed by atoms with Crippen LogP contribution in [0.15, 0.2) is 60.9 Å². The number of carbonyl (C=O) groups excluding carboxylic acids is 1. The van der Waals surface area contributed by atoms with Crippen LogP contribution in [0.4, 0.5) is 5.69 Å². The fourth-order valence-electron chi connectivity index (χ4n) is 3.48. The Kier molecular flexibility index (Phi) is 5.70. The van der Waals surface area contributed by atoms with E-state index in [1.807, 2.05) is 41.9 Å². The number of ether oxygens (including phenoxy) is 2. The van der Waals surface area contributed by atoms with Crippen LogP contribution in [-0.4, -0.2) is 40.7 Å². The summed E-state index contributed by atoms with van der Waals surface area (Å²) < 4.78 is 12.9. The van der Waals surface area contributed by atoms with Gasteiger partial charge in [-0.1, -0.05) is 12.1 Å². The lowest BCUT2D eigenvalue weighted by molar-refractivity contribution is 0.0948. The van der Waals surface area contributed by atoms with Crippen molar-refractivity contribution < 1.29 is 14.3 Å². The molecule has 1 amide bonds. The first-order valence-electron chi connectivity index (χ1n) is 9.79. The highest BCUT2D eigenvalue weighted by atomic mass is 16.5. The third-order valence-electron chi connectivity index (χ3n) is 4.87. The lowest BCUT2D eigenvalue weighted by Gasteiger charge is -2.11. The molecule has 2 aromatic heterocycles. The van der Waals surface area contributed by atoms with Gasteiger partial charge in [-0.05, 0) is 36.4 Å². The zero-order valence-electron chi connectivity index (χ0n) is 17.3. The quantitative estimate of drug-likeness (QED) is 0.354. The summed E-state index contributed by atoms with van der Waals surface area (Å²) in [5.41, 5.74) is 9.15. The van der Waals surface area contributed by atoms with E-state index in [2.05, 4.69) is 10.3 Å². The molecule has 2 heterocycles. The van der Waals surface area contributed by atoms with Gasteiger partial charge in [0.1, 0.15) is 23.9 Å². The van der Waals surface area contributed by atoms with Crippen LogP contribution in [0.5, 0.6) is 11.5 Å². The molecule has 0 fully saturated rings. The summed E-state index contributed by atoms with van der Waals surface area (Å²) in [4.78, 5) is 21.7. The number of benzene rings is 2. The Bertz CT molecular complexity index is 1220. The Morgan fingerprint density at radius 1 is 1.19 bits per heavy atom. The van der Waals surface area contributed by atoms with Crippen LogP contribution in [0.25, 0.3) is 22.4 Å². The molecule has 0 bridgehead atoms. The van der Waals surface area contributed by atoms with Gasteiger partial charge in [-0.2, -0.15) is 0 Å². The third kappa shape index (κ3) is 4.13. The standard InChI is InChI=1S/C23H23N5O3/c1-28-21-18(23(29)26-10-11-31-16-6-5-9-25-14-16)12-15(24)13-19(21)27-22(28)17-7-3-4-8-20(17)30-2/h3-9,12-14H,10-11,24H2,1-2H3,(H,26,29). The van der Waals surface area contributed by atoms with E-state index in [0.29, 0.717) is 52.8 Å². The first kappa shape index (κ1) is 20.2. The van der Waals surface area contributed by atoms with Gasteiger partial charge < -0.3 is 25.1 Å². The van der Waals surface area contributed by atoms with E-state index in [1.54, 1.807) is 37.7 Å². The molecule has 8 heteroatoms. The van der Waals surface area contributed by atoms with Crippen LogP contribution in [-0.2, 0) is 7.05 Å². The number of pyridine rings is 1. The summed E-state index contributed by atoms with van der Waals surface area (Å²) in [6, 6.07) is 14.6. The van der Waals surface area contributed by atoms with Gasteiger partial charge in [0.2, 0.25) is 0 Å². The molecule has 4 rings (SSSR count). The number of nitrogen functional groups attached to an aromatic ring is 1. The Labute approximate surface area is 179 Å². The van der Waals surface area contributed by atoms with Crippen molar-refractivity contribution in [3.8, 4) is 22.9 Å². The van der Waals surface area contributed by atoms with Gasteiger partial charge in [0, 0.05) is 18.9 Å². The molecule has 0 spiro atoms. The predicted octanol–water partition coefficient (Wildman–Crippen LogP) is 3.03.